The number of ketones is 2. The molecule has 1 aliphatic carbocycles. The van der Waals surface area contributed by atoms with Crippen molar-refractivity contribution in [1.29, 1.82) is 0 Å². The molecule has 0 unspecified atom stereocenters. The number of hydrogen-bond donors (Lipinski definition) is 0. The predicted octanol–water partition coefficient (Wildman–Crippen LogP) is 13.9. The van der Waals surface area contributed by atoms with E-state index in [0.717, 1.165) is 22.5 Å². The summed E-state index contributed by atoms with van der Waals surface area (Å²) in [6, 6.07) is 33.0. The SMILES string of the molecule is CN(C)c1ccccc1C=CC=CC(=O)c1ccc2c(c1)C(c1ccc(OC(F)=C(F)F)cc1)(c1ccc(OC(F)=C(F)F)cc1)c1cc(C(=O)C=CC=Cc3ccccc3N(C)C)ccc1-2. The number of halogens is 6. The molecule has 7 rings (SSSR count). The Labute approximate surface area is 384 Å². The van der Waals surface area contributed by atoms with Crippen LogP contribution < -0.4 is 19.3 Å². The summed E-state index contributed by atoms with van der Waals surface area (Å²) in [6.07, 6.45) is 8.08. The smallest absolute Gasteiger partial charge is 0.344 e. The van der Waals surface area contributed by atoms with Gasteiger partial charge < -0.3 is 19.3 Å². The van der Waals surface area contributed by atoms with E-state index in [1.165, 1.54) is 60.7 Å². The van der Waals surface area contributed by atoms with E-state index in [-0.39, 0.29) is 34.2 Å². The molecule has 0 heterocycles. The summed E-state index contributed by atoms with van der Waals surface area (Å²) >= 11 is 0. The minimum absolute atomic E-state index is 0.257. The van der Waals surface area contributed by atoms with E-state index < -0.39 is 29.6 Å². The van der Waals surface area contributed by atoms with Crippen molar-refractivity contribution in [3.05, 3.63) is 239 Å². The van der Waals surface area contributed by atoms with Crippen molar-refractivity contribution in [1.82, 2.24) is 0 Å². The lowest BCUT2D eigenvalue weighted by atomic mass is 9.67. The van der Waals surface area contributed by atoms with E-state index >= 15 is 0 Å². The molecule has 338 valence electrons. The molecule has 0 aliphatic heterocycles. The molecular weight excluding hydrogens is 867 g/mol. The zero-order valence-corrected chi connectivity index (χ0v) is 36.6. The Morgan fingerprint density at radius 3 is 1.21 bits per heavy atom. The van der Waals surface area contributed by atoms with Gasteiger partial charge in [0.1, 0.15) is 11.5 Å². The van der Waals surface area contributed by atoms with Gasteiger partial charge in [-0.25, -0.2) is 0 Å². The van der Waals surface area contributed by atoms with E-state index in [0.29, 0.717) is 33.4 Å². The monoisotopic (exact) mass is 908 g/mol. The molecule has 0 aromatic heterocycles. The first-order valence-electron chi connectivity index (χ1n) is 20.8. The van der Waals surface area contributed by atoms with Gasteiger partial charge >= 0.3 is 24.2 Å². The molecule has 12 heteroatoms. The second-order valence-electron chi connectivity index (χ2n) is 15.7. The third kappa shape index (κ3) is 10.1. The van der Waals surface area contributed by atoms with Crippen molar-refractivity contribution in [2.45, 2.75) is 5.41 Å². The van der Waals surface area contributed by atoms with Crippen LogP contribution in [0.15, 0.2) is 194 Å². The van der Waals surface area contributed by atoms with Gasteiger partial charge in [0.05, 0.1) is 5.41 Å². The van der Waals surface area contributed by atoms with Crippen LogP contribution in [-0.4, -0.2) is 39.8 Å². The van der Waals surface area contributed by atoms with Gasteiger partial charge in [-0.05, 0) is 105 Å². The maximum absolute atomic E-state index is 14.0. The van der Waals surface area contributed by atoms with Crippen LogP contribution in [0, 0.1) is 0 Å². The first-order chi connectivity index (χ1) is 32.2. The normalized spacial score (nSPS) is 12.6. The molecule has 0 radical (unpaired) electrons. The highest BCUT2D eigenvalue weighted by Gasteiger charge is 2.47. The fourth-order valence-corrected chi connectivity index (χ4v) is 8.12. The van der Waals surface area contributed by atoms with E-state index in [9.17, 15) is 35.9 Å². The number of carbonyl (C=O) groups is 2. The van der Waals surface area contributed by atoms with Gasteiger partial charge in [0.15, 0.2) is 11.6 Å². The van der Waals surface area contributed by atoms with Crippen LogP contribution in [0.5, 0.6) is 11.5 Å². The standard InChI is InChI=1S/C55H42F6N2O4/c1-62(2)47-17-9-5-13-35(47)15-7-11-19-49(64)37-21-31-43-44-32-22-38(50(65)20-12-8-16-36-14-6-10-18-48(36)63(3)4)34-46(44)55(45(43)33-37,39-23-27-41(28-24-39)66-53(60)51(56)57)40-25-29-42(30-26-40)67-54(61)52(58)59/h5-34H,1-4H3. The summed E-state index contributed by atoms with van der Waals surface area (Å²) in [7, 11) is 7.73. The number of anilines is 2. The Bertz CT molecular complexity index is 2810. The van der Waals surface area contributed by atoms with Crippen molar-refractivity contribution >= 4 is 35.1 Å². The highest BCUT2D eigenvalue weighted by molar-refractivity contribution is 6.07. The predicted molar refractivity (Wildman–Crippen MR) is 252 cm³/mol. The van der Waals surface area contributed by atoms with Crippen LogP contribution in [-0.2, 0) is 5.41 Å². The van der Waals surface area contributed by atoms with Gasteiger partial charge in [-0.1, -0.05) is 121 Å². The minimum atomic E-state index is -2.65. The molecular formula is C55H42F6N2O4. The number of rotatable bonds is 16. The third-order valence-corrected chi connectivity index (χ3v) is 11.1. The molecule has 0 saturated carbocycles. The lowest BCUT2D eigenvalue weighted by molar-refractivity contribution is 0.103. The number of nitrogens with zero attached hydrogens (tertiary/aromatic N) is 2. The van der Waals surface area contributed by atoms with Gasteiger partial charge in [-0.3, -0.25) is 9.59 Å². The van der Waals surface area contributed by atoms with Crippen molar-refractivity contribution in [3.8, 4) is 22.6 Å². The summed E-state index contributed by atoms with van der Waals surface area (Å²) in [5.41, 5.74) is 6.29. The van der Waals surface area contributed by atoms with Crippen molar-refractivity contribution < 1.29 is 45.4 Å². The lowest BCUT2D eigenvalue weighted by Crippen LogP contribution is -2.29. The van der Waals surface area contributed by atoms with Crippen molar-refractivity contribution in [2.75, 3.05) is 38.0 Å². The van der Waals surface area contributed by atoms with Crippen molar-refractivity contribution in [2.24, 2.45) is 0 Å². The molecule has 1 aliphatic rings. The molecule has 0 saturated heterocycles. The fourth-order valence-electron chi connectivity index (χ4n) is 8.12. The molecule has 6 aromatic rings. The Balaban J connectivity index is 1.37. The van der Waals surface area contributed by atoms with Crippen LogP contribution in [0.1, 0.15) is 54.1 Å². The number of ether oxygens (including phenoxy) is 2. The number of benzene rings is 6. The van der Waals surface area contributed by atoms with E-state index in [4.69, 9.17) is 9.47 Å². The van der Waals surface area contributed by atoms with E-state index in [1.807, 2.05) is 98.7 Å². The zero-order chi connectivity index (χ0) is 47.8. The van der Waals surface area contributed by atoms with Crippen molar-refractivity contribution in [3.63, 3.8) is 0 Å². The molecule has 6 nitrogen and oxygen atoms in total. The highest BCUT2D eigenvalue weighted by atomic mass is 19.3. The topological polar surface area (TPSA) is 59.1 Å². The molecule has 0 N–H and O–H groups in total. The van der Waals surface area contributed by atoms with Crippen LogP contribution >= 0.6 is 0 Å². The number of allylic oxidation sites excluding steroid dienone is 6. The van der Waals surface area contributed by atoms with Gasteiger partial charge in [0, 0.05) is 50.7 Å². The van der Waals surface area contributed by atoms with Gasteiger partial charge in [0.2, 0.25) is 0 Å². The summed E-state index contributed by atoms with van der Waals surface area (Å²) in [4.78, 5) is 31.9. The maximum Gasteiger partial charge on any atom is 0.344 e. The highest BCUT2D eigenvalue weighted by Crippen LogP contribution is 2.57. The number of carbonyl (C=O) groups excluding carboxylic acids is 2. The third-order valence-electron chi connectivity index (χ3n) is 11.1. The van der Waals surface area contributed by atoms with Gasteiger partial charge in [0.25, 0.3) is 0 Å². The molecule has 6 aromatic carbocycles. The second-order valence-corrected chi connectivity index (χ2v) is 15.7. The second kappa shape index (κ2) is 20.4. The van der Waals surface area contributed by atoms with Crippen LogP contribution in [0.3, 0.4) is 0 Å². The van der Waals surface area contributed by atoms with Gasteiger partial charge in [-0.15, -0.1) is 0 Å². The molecule has 0 fully saturated rings. The zero-order valence-electron chi connectivity index (χ0n) is 36.6. The van der Waals surface area contributed by atoms with E-state index in [1.54, 1.807) is 60.7 Å². The van der Waals surface area contributed by atoms with Crippen LogP contribution in [0.2, 0.25) is 0 Å². The quantitative estimate of drug-likeness (QED) is 0.0317. The average molecular weight is 909 g/mol. The number of fused-ring (bicyclic) bond motifs is 3. The summed E-state index contributed by atoms with van der Waals surface area (Å²) < 4.78 is 89.8. The number of hydrogen-bond acceptors (Lipinski definition) is 6. The maximum atomic E-state index is 14.0. The average Bonchev–Trinajstić information content (AvgIpc) is 3.61. The van der Waals surface area contributed by atoms with Gasteiger partial charge in [-0.2, -0.15) is 26.3 Å². The first-order valence-corrected chi connectivity index (χ1v) is 20.8. The molecule has 0 bridgehead atoms. The first kappa shape index (κ1) is 46.9. The van der Waals surface area contributed by atoms with Crippen LogP contribution in [0.25, 0.3) is 23.3 Å². The molecule has 67 heavy (non-hydrogen) atoms. The fraction of sp³-hybridized carbons (Fsp3) is 0.0909. The summed E-state index contributed by atoms with van der Waals surface area (Å²) in [6.45, 7) is 0. The Hall–Kier alpha value is -8.12. The summed E-state index contributed by atoms with van der Waals surface area (Å²) in [5.74, 6) is -1.21. The number of para-hydroxylation sites is 2. The summed E-state index contributed by atoms with van der Waals surface area (Å²) in [5, 5.41) is 0. The van der Waals surface area contributed by atoms with Crippen LogP contribution in [0.4, 0.5) is 37.7 Å². The Morgan fingerprint density at radius 1 is 0.478 bits per heavy atom. The largest absolute Gasteiger partial charge is 0.428 e. The Kier molecular flexibility index (Phi) is 14.2. The molecule has 0 spiro atoms. The minimum Gasteiger partial charge on any atom is -0.428 e. The molecule has 0 amide bonds. The van der Waals surface area contributed by atoms with E-state index in [2.05, 4.69) is 0 Å². The molecule has 0 atom stereocenters. The lowest BCUT2D eigenvalue weighted by Gasteiger charge is -2.34. The Morgan fingerprint density at radius 2 is 0.851 bits per heavy atom.